The second-order valence-electron chi connectivity index (χ2n) is 3.48. The van der Waals surface area contributed by atoms with Crippen molar-refractivity contribution in [1.82, 2.24) is 5.32 Å². The Balaban J connectivity index is 3.14. The fourth-order valence-corrected chi connectivity index (χ4v) is 1.55. The van der Waals surface area contributed by atoms with Gasteiger partial charge in [0, 0.05) is 11.6 Å². The summed E-state index contributed by atoms with van der Waals surface area (Å²) in [5.74, 6) is -2.35. The van der Waals surface area contributed by atoms with Crippen LogP contribution in [0.5, 0.6) is 5.75 Å². The maximum Gasteiger partial charge on any atom is 0.327 e. The van der Waals surface area contributed by atoms with E-state index in [1.807, 2.05) is 0 Å². The molecule has 0 spiro atoms. The molecule has 0 bridgehead atoms. The number of hydrogen-bond donors (Lipinski definition) is 1. The van der Waals surface area contributed by atoms with E-state index in [0.29, 0.717) is 0 Å². The third kappa shape index (κ3) is 2.95. The van der Waals surface area contributed by atoms with Gasteiger partial charge in [0.05, 0.1) is 13.7 Å². The van der Waals surface area contributed by atoms with Gasteiger partial charge in [-0.15, -0.1) is 0 Å². The lowest BCUT2D eigenvalue weighted by Crippen LogP contribution is -2.28. The third-order valence-electron chi connectivity index (χ3n) is 2.39. The zero-order valence-electron chi connectivity index (χ0n) is 10.4. The van der Waals surface area contributed by atoms with Gasteiger partial charge in [-0.2, -0.15) is 0 Å². The molecule has 1 N–H and O–H groups in total. The highest BCUT2D eigenvalue weighted by molar-refractivity contribution is 5.77. The van der Waals surface area contributed by atoms with Crippen LogP contribution < -0.4 is 10.1 Å². The first-order valence-electron chi connectivity index (χ1n) is 5.42. The van der Waals surface area contributed by atoms with Gasteiger partial charge in [0.1, 0.15) is 11.9 Å². The summed E-state index contributed by atoms with van der Waals surface area (Å²) >= 11 is 0. The summed E-state index contributed by atoms with van der Waals surface area (Å²) in [6.45, 7) is 1.80. The molecule has 1 aromatic rings. The standard InChI is InChI=1S/C12H15F2NO3/c1-4-18-12(16)11(15-2)7-5-9(14)10(17-3)6-8(7)13/h5-6,11,15H,4H2,1-3H3. The Morgan fingerprint density at radius 1 is 1.39 bits per heavy atom. The van der Waals surface area contributed by atoms with Crippen molar-refractivity contribution in [3.63, 3.8) is 0 Å². The predicted octanol–water partition coefficient (Wildman–Crippen LogP) is 1.80. The van der Waals surface area contributed by atoms with Gasteiger partial charge in [-0.05, 0) is 20.0 Å². The van der Waals surface area contributed by atoms with E-state index in [2.05, 4.69) is 10.1 Å². The summed E-state index contributed by atoms with van der Waals surface area (Å²) in [5.41, 5.74) is -0.116. The summed E-state index contributed by atoms with van der Waals surface area (Å²) in [4.78, 5) is 11.6. The molecule has 0 aromatic heterocycles. The van der Waals surface area contributed by atoms with Crippen LogP contribution in [0.25, 0.3) is 0 Å². The van der Waals surface area contributed by atoms with Crippen molar-refractivity contribution in [2.75, 3.05) is 20.8 Å². The van der Waals surface area contributed by atoms with Crippen LogP contribution in [0.3, 0.4) is 0 Å². The smallest absolute Gasteiger partial charge is 0.327 e. The molecular formula is C12H15F2NO3. The number of methoxy groups -OCH3 is 1. The number of nitrogens with one attached hydrogen (secondary N) is 1. The zero-order chi connectivity index (χ0) is 13.7. The molecule has 0 saturated carbocycles. The van der Waals surface area contributed by atoms with E-state index >= 15 is 0 Å². The fraction of sp³-hybridized carbons (Fsp3) is 0.417. The quantitative estimate of drug-likeness (QED) is 0.819. The number of halogens is 2. The highest BCUT2D eigenvalue weighted by atomic mass is 19.1. The first-order chi connectivity index (χ1) is 8.54. The van der Waals surface area contributed by atoms with Crippen LogP contribution in [0.2, 0.25) is 0 Å². The van der Waals surface area contributed by atoms with E-state index in [1.54, 1.807) is 6.92 Å². The van der Waals surface area contributed by atoms with Crippen LogP contribution in [0.15, 0.2) is 12.1 Å². The van der Waals surface area contributed by atoms with Crippen molar-refractivity contribution in [1.29, 1.82) is 0 Å². The molecule has 0 aliphatic carbocycles. The van der Waals surface area contributed by atoms with Crippen LogP contribution in [0.4, 0.5) is 8.78 Å². The molecule has 0 heterocycles. The van der Waals surface area contributed by atoms with Crippen molar-refractivity contribution in [3.05, 3.63) is 29.3 Å². The van der Waals surface area contributed by atoms with Crippen LogP contribution in [-0.2, 0) is 9.53 Å². The van der Waals surface area contributed by atoms with Gasteiger partial charge in [0.25, 0.3) is 0 Å². The lowest BCUT2D eigenvalue weighted by molar-refractivity contribution is -0.145. The minimum Gasteiger partial charge on any atom is -0.494 e. The minimum absolute atomic E-state index is 0.116. The summed E-state index contributed by atoms with van der Waals surface area (Å²) < 4.78 is 36.7. The second kappa shape index (κ2) is 6.30. The van der Waals surface area contributed by atoms with Gasteiger partial charge in [-0.3, -0.25) is 0 Å². The molecule has 1 rings (SSSR count). The minimum atomic E-state index is -1.05. The van der Waals surface area contributed by atoms with Gasteiger partial charge in [0.15, 0.2) is 11.6 Å². The van der Waals surface area contributed by atoms with Crippen LogP contribution in [0.1, 0.15) is 18.5 Å². The van der Waals surface area contributed by atoms with Crippen molar-refractivity contribution in [3.8, 4) is 5.75 Å². The SMILES string of the molecule is CCOC(=O)C(NC)c1cc(F)c(OC)cc1F. The summed E-state index contributed by atoms with van der Waals surface area (Å²) in [5, 5.41) is 2.59. The molecule has 4 nitrogen and oxygen atoms in total. The normalized spacial score (nSPS) is 12.1. The van der Waals surface area contributed by atoms with Crippen molar-refractivity contribution in [2.24, 2.45) is 0 Å². The predicted molar refractivity (Wildman–Crippen MR) is 61.3 cm³/mol. The molecule has 1 aromatic carbocycles. The third-order valence-corrected chi connectivity index (χ3v) is 2.39. The Kier molecular flexibility index (Phi) is 5.03. The molecule has 0 saturated heterocycles. The molecule has 1 unspecified atom stereocenters. The number of carbonyl (C=O) groups excluding carboxylic acids is 1. The van der Waals surface area contributed by atoms with Gasteiger partial charge in [-0.1, -0.05) is 0 Å². The maximum absolute atomic E-state index is 13.8. The Labute approximate surface area is 104 Å². The maximum atomic E-state index is 13.8. The van der Waals surface area contributed by atoms with E-state index in [0.717, 1.165) is 12.1 Å². The largest absolute Gasteiger partial charge is 0.494 e. The number of hydrogen-bond acceptors (Lipinski definition) is 4. The number of esters is 1. The van der Waals surface area contributed by atoms with Gasteiger partial charge < -0.3 is 14.8 Å². The average molecular weight is 259 g/mol. The lowest BCUT2D eigenvalue weighted by atomic mass is 10.1. The molecule has 0 aliphatic rings. The van der Waals surface area contributed by atoms with Gasteiger partial charge in [-0.25, -0.2) is 13.6 Å². The molecule has 1 atom stereocenters. The molecule has 6 heteroatoms. The summed E-state index contributed by atoms with van der Waals surface area (Å²) in [6.07, 6.45) is 0. The van der Waals surface area contributed by atoms with Crippen molar-refractivity contribution < 1.29 is 23.0 Å². The Morgan fingerprint density at radius 2 is 2.06 bits per heavy atom. The lowest BCUT2D eigenvalue weighted by Gasteiger charge is -2.16. The van der Waals surface area contributed by atoms with E-state index in [1.165, 1.54) is 14.2 Å². The molecule has 0 aliphatic heterocycles. The molecular weight excluding hydrogens is 244 g/mol. The Morgan fingerprint density at radius 3 is 2.56 bits per heavy atom. The van der Waals surface area contributed by atoms with Crippen molar-refractivity contribution in [2.45, 2.75) is 13.0 Å². The second-order valence-corrected chi connectivity index (χ2v) is 3.48. The Hall–Kier alpha value is -1.69. The van der Waals surface area contributed by atoms with Crippen LogP contribution in [0, 0.1) is 11.6 Å². The molecule has 0 radical (unpaired) electrons. The number of carbonyl (C=O) groups is 1. The van der Waals surface area contributed by atoms with Crippen LogP contribution >= 0.6 is 0 Å². The summed E-state index contributed by atoms with van der Waals surface area (Å²) in [7, 11) is 2.70. The van der Waals surface area contributed by atoms with Gasteiger partial charge >= 0.3 is 5.97 Å². The van der Waals surface area contributed by atoms with Crippen LogP contribution in [-0.4, -0.2) is 26.7 Å². The molecule has 0 fully saturated rings. The van der Waals surface area contributed by atoms with E-state index in [4.69, 9.17) is 4.74 Å². The van der Waals surface area contributed by atoms with Gasteiger partial charge in [0.2, 0.25) is 0 Å². The fourth-order valence-electron chi connectivity index (χ4n) is 1.55. The zero-order valence-corrected chi connectivity index (χ0v) is 10.4. The summed E-state index contributed by atoms with van der Waals surface area (Å²) in [6, 6.07) is 0.769. The average Bonchev–Trinajstić information content (AvgIpc) is 2.34. The van der Waals surface area contributed by atoms with E-state index < -0.39 is 23.6 Å². The number of likely N-dealkylation sites (N-methyl/N-ethyl adjacent to an activating group) is 1. The first kappa shape index (κ1) is 14.4. The monoisotopic (exact) mass is 259 g/mol. The molecule has 0 amide bonds. The Bertz CT molecular complexity index is 438. The van der Waals surface area contributed by atoms with Crippen molar-refractivity contribution >= 4 is 5.97 Å². The highest BCUT2D eigenvalue weighted by Crippen LogP contribution is 2.26. The number of ether oxygens (including phenoxy) is 2. The van der Waals surface area contributed by atoms with E-state index in [9.17, 15) is 13.6 Å². The first-order valence-corrected chi connectivity index (χ1v) is 5.42. The number of rotatable bonds is 5. The topological polar surface area (TPSA) is 47.6 Å². The number of benzene rings is 1. The molecule has 18 heavy (non-hydrogen) atoms. The molecule has 100 valence electrons. The van der Waals surface area contributed by atoms with E-state index in [-0.39, 0.29) is 17.9 Å². The highest BCUT2D eigenvalue weighted by Gasteiger charge is 2.25.